The number of hydrogen-bond donors (Lipinski definition) is 1. The number of carbonyl (C=O) groups is 2. The Bertz CT molecular complexity index is 354. The molecule has 6 heteroatoms. The van der Waals surface area contributed by atoms with Crippen LogP contribution in [0.15, 0.2) is 0 Å². The fraction of sp³-hybridized carbons (Fsp3) is 0.857. The lowest BCUT2D eigenvalue weighted by atomic mass is 10.1. The first kappa shape index (κ1) is 15.4. The highest BCUT2D eigenvalue weighted by molar-refractivity contribution is 6.01. The second-order valence-corrected chi connectivity index (χ2v) is 6.37. The number of amides is 2. The number of β-amino-alcohol motifs (C(OH)–C–C–N with tert-alkyl or cyclic N) is 1. The minimum absolute atomic E-state index is 0.0318. The van der Waals surface area contributed by atoms with Gasteiger partial charge in [-0.05, 0) is 13.8 Å². The van der Waals surface area contributed by atoms with Crippen molar-refractivity contribution in [3.05, 3.63) is 0 Å². The smallest absolute Gasteiger partial charge is 0.229 e. The highest BCUT2D eigenvalue weighted by Gasteiger charge is 2.29. The third kappa shape index (κ3) is 4.26. The Balaban J connectivity index is 1.70. The van der Waals surface area contributed by atoms with Gasteiger partial charge in [0.25, 0.3) is 0 Å². The molecule has 0 aromatic heterocycles. The molecular formula is C14H25N3O3. The zero-order valence-electron chi connectivity index (χ0n) is 12.5. The van der Waals surface area contributed by atoms with Gasteiger partial charge in [-0.15, -0.1) is 0 Å². The van der Waals surface area contributed by atoms with E-state index in [0.717, 1.165) is 32.7 Å². The van der Waals surface area contributed by atoms with E-state index < -0.39 is 5.60 Å². The van der Waals surface area contributed by atoms with E-state index in [0.29, 0.717) is 25.9 Å². The van der Waals surface area contributed by atoms with Crippen LogP contribution in [0.1, 0.15) is 26.7 Å². The van der Waals surface area contributed by atoms with Crippen molar-refractivity contribution < 1.29 is 14.7 Å². The molecule has 0 radical (unpaired) electrons. The molecule has 114 valence electrons. The summed E-state index contributed by atoms with van der Waals surface area (Å²) in [4.78, 5) is 29.0. The van der Waals surface area contributed by atoms with Gasteiger partial charge in [-0.3, -0.25) is 24.3 Å². The number of aliphatic hydroxyl groups is 1. The van der Waals surface area contributed by atoms with Crippen LogP contribution in [0.3, 0.4) is 0 Å². The topological polar surface area (TPSA) is 64.1 Å². The minimum Gasteiger partial charge on any atom is -0.389 e. The van der Waals surface area contributed by atoms with Crippen LogP contribution in [-0.2, 0) is 9.59 Å². The number of rotatable bonds is 5. The maximum absolute atomic E-state index is 11.5. The minimum atomic E-state index is -0.656. The third-order valence-electron chi connectivity index (χ3n) is 3.87. The number of likely N-dealkylation sites (tertiary alicyclic amines) is 1. The van der Waals surface area contributed by atoms with E-state index in [1.54, 1.807) is 0 Å². The van der Waals surface area contributed by atoms with Crippen LogP contribution >= 0.6 is 0 Å². The molecule has 0 saturated carbocycles. The zero-order valence-corrected chi connectivity index (χ0v) is 12.5. The average Bonchev–Trinajstić information content (AvgIpc) is 2.67. The molecule has 0 aliphatic carbocycles. The van der Waals surface area contributed by atoms with Gasteiger partial charge in [0.2, 0.25) is 11.8 Å². The molecule has 2 aliphatic heterocycles. The lowest BCUT2D eigenvalue weighted by Gasteiger charge is -2.37. The van der Waals surface area contributed by atoms with Gasteiger partial charge in [-0.1, -0.05) is 0 Å². The predicted octanol–water partition coefficient (Wildman–Crippen LogP) is -0.476. The van der Waals surface area contributed by atoms with Crippen molar-refractivity contribution >= 4 is 11.8 Å². The summed E-state index contributed by atoms with van der Waals surface area (Å²) >= 11 is 0. The van der Waals surface area contributed by atoms with Crippen molar-refractivity contribution in [2.24, 2.45) is 0 Å². The number of carbonyl (C=O) groups excluding carboxylic acids is 2. The lowest BCUT2D eigenvalue weighted by molar-refractivity contribution is -0.138. The van der Waals surface area contributed by atoms with Crippen LogP contribution < -0.4 is 0 Å². The second kappa shape index (κ2) is 6.20. The van der Waals surface area contributed by atoms with Gasteiger partial charge in [0, 0.05) is 58.7 Å². The fourth-order valence-electron chi connectivity index (χ4n) is 2.83. The summed E-state index contributed by atoms with van der Waals surface area (Å²) in [6.45, 7) is 9.30. The molecule has 6 nitrogen and oxygen atoms in total. The Morgan fingerprint density at radius 2 is 1.45 bits per heavy atom. The van der Waals surface area contributed by atoms with E-state index in [4.69, 9.17) is 0 Å². The maximum Gasteiger partial charge on any atom is 0.229 e. The Labute approximate surface area is 120 Å². The van der Waals surface area contributed by atoms with Crippen molar-refractivity contribution in [2.45, 2.75) is 32.3 Å². The van der Waals surface area contributed by atoms with Crippen molar-refractivity contribution in [2.75, 3.05) is 45.8 Å². The average molecular weight is 283 g/mol. The van der Waals surface area contributed by atoms with E-state index in [1.165, 1.54) is 4.90 Å². The summed E-state index contributed by atoms with van der Waals surface area (Å²) in [7, 11) is 0. The van der Waals surface area contributed by atoms with Gasteiger partial charge in [0.15, 0.2) is 0 Å². The van der Waals surface area contributed by atoms with Gasteiger partial charge in [-0.25, -0.2) is 0 Å². The van der Waals surface area contributed by atoms with Crippen LogP contribution in [0.25, 0.3) is 0 Å². The monoisotopic (exact) mass is 283 g/mol. The molecule has 0 spiro atoms. The second-order valence-electron chi connectivity index (χ2n) is 6.37. The predicted molar refractivity (Wildman–Crippen MR) is 75.1 cm³/mol. The Kier molecular flexibility index (Phi) is 4.78. The molecule has 1 N–H and O–H groups in total. The summed E-state index contributed by atoms with van der Waals surface area (Å²) in [5.41, 5.74) is -0.656. The normalized spacial score (nSPS) is 22.9. The molecule has 0 atom stereocenters. The lowest BCUT2D eigenvalue weighted by Crippen LogP contribution is -2.51. The van der Waals surface area contributed by atoms with Crippen LogP contribution in [-0.4, -0.2) is 83.0 Å². The summed E-state index contributed by atoms with van der Waals surface area (Å²) in [5, 5.41) is 9.80. The van der Waals surface area contributed by atoms with Crippen LogP contribution in [0.4, 0.5) is 0 Å². The third-order valence-corrected chi connectivity index (χ3v) is 3.87. The maximum atomic E-state index is 11.5. The molecule has 2 heterocycles. The first-order valence-electron chi connectivity index (χ1n) is 7.35. The van der Waals surface area contributed by atoms with E-state index >= 15 is 0 Å². The summed E-state index contributed by atoms with van der Waals surface area (Å²) < 4.78 is 0. The molecule has 0 unspecified atom stereocenters. The van der Waals surface area contributed by atoms with Crippen molar-refractivity contribution in [1.82, 2.24) is 14.7 Å². The molecule has 0 aromatic rings. The summed E-state index contributed by atoms with van der Waals surface area (Å²) in [6, 6.07) is 0. The van der Waals surface area contributed by atoms with Crippen LogP contribution in [0.5, 0.6) is 0 Å². The standard InChI is InChI=1S/C14H25N3O3/c1-14(2,20)11-16-7-5-15(6-8-16)9-10-17-12(18)3-4-13(17)19/h20H,3-11H2,1-2H3. The quantitative estimate of drug-likeness (QED) is 0.691. The molecule has 2 rings (SSSR count). The number of piperazine rings is 1. The fourth-order valence-corrected chi connectivity index (χ4v) is 2.83. The van der Waals surface area contributed by atoms with Crippen molar-refractivity contribution in [3.8, 4) is 0 Å². The van der Waals surface area contributed by atoms with Crippen LogP contribution in [0.2, 0.25) is 0 Å². The highest BCUT2D eigenvalue weighted by Crippen LogP contribution is 2.12. The van der Waals surface area contributed by atoms with Crippen molar-refractivity contribution in [3.63, 3.8) is 0 Å². The van der Waals surface area contributed by atoms with E-state index in [1.807, 2.05) is 13.8 Å². The summed E-state index contributed by atoms with van der Waals surface area (Å²) in [6.07, 6.45) is 0.746. The zero-order chi connectivity index (χ0) is 14.8. The van der Waals surface area contributed by atoms with Gasteiger partial charge < -0.3 is 5.11 Å². The number of nitrogens with zero attached hydrogens (tertiary/aromatic N) is 3. The number of imide groups is 1. The SMILES string of the molecule is CC(C)(O)CN1CCN(CCN2C(=O)CCC2=O)CC1. The van der Waals surface area contributed by atoms with E-state index in [9.17, 15) is 14.7 Å². The Morgan fingerprint density at radius 3 is 1.95 bits per heavy atom. The first-order chi connectivity index (χ1) is 9.35. The largest absolute Gasteiger partial charge is 0.389 e. The number of hydrogen-bond acceptors (Lipinski definition) is 5. The first-order valence-corrected chi connectivity index (χ1v) is 7.35. The van der Waals surface area contributed by atoms with Crippen LogP contribution in [0, 0.1) is 0 Å². The molecule has 2 fully saturated rings. The van der Waals surface area contributed by atoms with E-state index in [2.05, 4.69) is 9.80 Å². The van der Waals surface area contributed by atoms with Crippen molar-refractivity contribution in [1.29, 1.82) is 0 Å². The molecule has 0 bridgehead atoms. The molecular weight excluding hydrogens is 258 g/mol. The Morgan fingerprint density at radius 1 is 0.950 bits per heavy atom. The molecule has 2 saturated heterocycles. The molecule has 20 heavy (non-hydrogen) atoms. The highest BCUT2D eigenvalue weighted by atomic mass is 16.3. The molecule has 2 aliphatic rings. The van der Waals surface area contributed by atoms with E-state index in [-0.39, 0.29) is 11.8 Å². The van der Waals surface area contributed by atoms with Gasteiger partial charge in [0.05, 0.1) is 5.60 Å². The molecule has 0 aromatic carbocycles. The van der Waals surface area contributed by atoms with Gasteiger partial charge in [0.1, 0.15) is 0 Å². The van der Waals surface area contributed by atoms with Gasteiger partial charge in [-0.2, -0.15) is 0 Å². The molecule has 2 amide bonds. The van der Waals surface area contributed by atoms with Gasteiger partial charge >= 0.3 is 0 Å². The summed E-state index contributed by atoms with van der Waals surface area (Å²) in [5.74, 6) is -0.0636. The Hall–Kier alpha value is -0.980.